The van der Waals surface area contributed by atoms with Crippen LogP contribution in [-0.2, 0) is 0 Å². The molecule has 1 aliphatic rings. The number of likely N-dealkylation sites (tertiary alicyclic amines) is 1. The molecule has 1 N–H and O–H groups in total. The molecule has 3 heteroatoms. The Morgan fingerprint density at radius 3 is 2.56 bits per heavy atom. The van der Waals surface area contributed by atoms with Gasteiger partial charge in [-0.15, -0.1) is 0 Å². The molecule has 16 heavy (non-hydrogen) atoms. The molecule has 0 aliphatic carbocycles. The highest BCUT2D eigenvalue weighted by molar-refractivity contribution is 4.81. The molecule has 0 radical (unpaired) electrons. The van der Waals surface area contributed by atoms with Crippen LogP contribution in [0.4, 0.5) is 0 Å². The molecule has 96 valence electrons. The Morgan fingerprint density at radius 1 is 1.31 bits per heavy atom. The minimum absolute atomic E-state index is 0.619. The fourth-order valence-electron chi connectivity index (χ4n) is 2.48. The average molecular weight is 227 g/mol. The van der Waals surface area contributed by atoms with Crippen LogP contribution < -0.4 is 5.32 Å². The zero-order valence-electron chi connectivity index (χ0n) is 11.7. The summed E-state index contributed by atoms with van der Waals surface area (Å²) in [5.41, 5.74) is 0. The van der Waals surface area contributed by atoms with Crippen LogP contribution in [-0.4, -0.2) is 62.2 Å². The van der Waals surface area contributed by atoms with Gasteiger partial charge in [-0.3, -0.25) is 4.90 Å². The smallest absolute Gasteiger partial charge is 0.0194 e. The van der Waals surface area contributed by atoms with Crippen molar-refractivity contribution in [2.75, 3.05) is 40.3 Å². The highest BCUT2D eigenvalue weighted by Crippen LogP contribution is 2.18. The lowest BCUT2D eigenvalue weighted by Crippen LogP contribution is -2.39. The van der Waals surface area contributed by atoms with Gasteiger partial charge in [-0.25, -0.2) is 0 Å². The Hall–Kier alpha value is -0.120. The first-order valence-corrected chi connectivity index (χ1v) is 6.61. The average Bonchev–Trinajstić information content (AvgIpc) is 2.61. The Morgan fingerprint density at radius 2 is 2.00 bits per heavy atom. The maximum atomic E-state index is 3.55. The van der Waals surface area contributed by atoms with Crippen LogP contribution in [0.25, 0.3) is 0 Å². The molecule has 1 fully saturated rings. The third-order valence-corrected chi connectivity index (χ3v) is 3.38. The van der Waals surface area contributed by atoms with Gasteiger partial charge in [0, 0.05) is 25.2 Å². The van der Waals surface area contributed by atoms with Crippen molar-refractivity contribution in [3.05, 3.63) is 0 Å². The summed E-state index contributed by atoms with van der Waals surface area (Å²) in [4.78, 5) is 4.91. The van der Waals surface area contributed by atoms with E-state index in [0.29, 0.717) is 12.1 Å². The number of nitrogens with one attached hydrogen (secondary N) is 1. The van der Waals surface area contributed by atoms with Gasteiger partial charge in [0.1, 0.15) is 0 Å². The van der Waals surface area contributed by atoms with Gasteiger partial charge in [0.2, 0.25) is 0 Å². The van der Waals surface area contributed by atoms with Gasteiger partial charge < -0.3 is 10.2 Å². The van der Waals surface area contributed by atoms with Crippen molar-refractivity contribution < 1.29 is 0 Å². The molecule has 0 saturated carbocycles. The monoisotopic (exact) mass is 227 g/mol. The zero-order chi connectivity index (χ0) is 12.1. The van der Waals surface area contributed by atoms with Gasteiger partial charge in [-0.05, 0) is 46.4 Å². The summed E-state index contributed by atoms with van der Waals surface area (Å²) in [7, 11) is 4.31. The Kier molecular flexibility index (Phi) is 5.73. The lowest BCUT2D eigenvalue weighted by molar-refractivity contribution is 0.202. The van der Waals surface area contributed by atoms with Gasteiger partial charge in [0.05, 0.1) is 0 Å². The van der Waals surface area contributed by atoms with Crippen molar-refractivity contribution in [1.82, 2.24) is 15.1 Å². The number of hydrogen-bond donors (Lipinski definition) is 1. The second-order valence-electron chi connectivity index (χ2n) is 5.82. The SMILES string of the molecule is CC(C)NCC1CCN(C(C)CN(C)C)C1. The third kappa shape index (κ3) is 4.81. The maximum Gasteiger partial charge on any atom is 0.0194 e. The first-order valence-electron chi connectivity index (χ1n) is 6.61. The van der Waals surface area contributed by atoms with Crippen LogP contribution >= 0.6 is 0 Å². The van der Waals surface area contributed by atoms with E-state index in [1.165, 1.54) is 32.6 Å². The quantitative estimate of drug-likeness (QED) is 0.737. The van der Waals surface area contributed by atoms with Crippen molar-refractivity contribution in [3.8, 4) is 0 Å². The molecule has 2 unspecified atom stereocenters. The molecular weight excluding hydrogens is 198 g/mol. The fourth-order valence-corrected chi connectivity index (χ4v) is 2.48. The lowest BCUT2D eigenvalue weighted by Gasteiger charge is -2.27. The first kappa shape index (κ1) is 13.9. The summed E-state index contributed by atoms with van der Waals surface area (Å²) < 4.78 is 0. The lowest BCUT2D eigenvalue weighted by atomic mass is 10.1. The van der Waals surface area contributed by atoms with Crippen molar-refractivity contribution in [3.63, 3.8) is 0 Å². The number of nitrogens with zero attached hydrogens (tertiary/aromatic N) is 2. The van der Waals surface area contributed by atoms with Crippen molar-refractivity contribution >= 4 is 0 Å². The van der Waals surface area contributed by atoms with E-state index in [0.717, 1.165) is 5.92 Å². The summed E-state index contributed by atoms with van der Waals surface area (Å²) in [5.74, 6) is 0.854. The van der Waals surface area contributed by atoms with E-state index in [1.54, 1.807) is 0 Å². The maximum absolute atomic E-state index is 3.55. The van der Waals surface area contributed by atoms with Crippen molar-refractivity contribution in [2.45, 2.75) is 39.3 Å². The minimum Gasteiger partial charge on any atom is -0.314 e. The summed E-state index contributed by atoms with van der Waals surface area (Å²) >= 11 is 0. The molecule has 0 amide bonds. The van der Waals surface area contributed by atoms with Crippen LogP contribution in [0.2, 0.25) is 0 Å². The highest BCUT2D eigenvalue weighted by atomic mass is 15.2. The topological polar surface area (TPSA) is 18.5 Å². The van der Waals surface area contributed by atoms with Crippen molar-refractivity contribution in [1.29, 1.82) is 0 Å². The van der Waals surface area contributed by atoms with E-state index in [9.17, 15) is 0 Å². The number of hydrogen-bond acceptors (Lipinski definition) is 3. The van der Waals surface area contributed by atoms with E-state index >= 15 is 0 Å². The van der Waals surface area contributed by atoms with E-state index in [-0.39, 0.29) is 0 Å². The molecule has 0 bridgehead atoms. The normalized spacial score (nSPS) is 24.6. The van der Waals surface area contributed by atoms with Gasteiger partial charge in [-0.1, -0.05) is 13.8 Å². The highest BCUT2D eigenvalue weighted by Gasteiger charge is 2.25. The standard InChI is InChI=1S/C13H29N3/c1-11(2)14-8-13-6-7-16(10-13)12(3)9-15(4)5/h11-14H,6-10H2,1-5H3. The van der Waals surface area contributed by atoms with Crippen LogP contribution in [0, 0.1) is 5.92 Å². The van der Waals surface area contributed by atoms with Crippen LogP contribution in [0.1, 0.15) is 27.2 Å². The molecular formula is C13H29N3. The van der Waals surface area contributed by atoms with E-state index in [2.05, 4.69) is 50.0 Å². The fraction of sp³-hybridized carbons (Fsp3) is 1.00. The Bertz CT molecular complexity index is 192. The second-order valence-corrected chi connectivity index (χ2v) is 5.82. The Balaban J connectivity index is 2.23. The molecule has 1 rings (SSSR count). The number of rotatable bonds is 6. The third-order valence-electron chi connectivity index (χ3n) is 3.38. The first-order chi connectivity index (χ1) is 7.49. The van der Waals surface area contributed by atoms with E-state index in [1.807, 2.05) is 0 Å². The molecule has 0 aromatic carbocycles. The summed E-state index contributed by atoms with van der Waals surface area (Å²) in [6.07, 6.45) is 1.36. The molecule has 0 aromatic rings. The van der Waals surface area contributed by atoms with Gasteiger partial charge in [0.25, 0.3) is 0 Å². The molecule has 2 atom stereocenters. The number of likely N-dealkylation sites (N-methyl/N-ethyl adjacent to an activating group) is 1. The molecule has 1 saturated heterocycles. The predicted molar refractivity (Wildman–Crippen MR) is 70.8 cm³/mol. The van der Waals surface area contributed by atoms with Crippen LogP contribution in [0.3, 0.4) is 0 Å². The largest absolute Gasteiger partial charge is 0.314 e. The summed E-state index contributed by atoms with van der Waals surface area (Å²) in [5, 5.41) is 3.55. The molecule has 0 spiro atoms. The van der Waals surface area contributed by atoms with Gasteiger partial charge in [-0.2, -0.15) is 0 Å². The Labute approximate surface area is 101 Å². The summed E-state index contributed by atoms with van der Waals surface area (Å²) in [6, 6.07) is 1.31. The van der Waals surface area contributed by atoms with E-state index < -0.39 is 0 Å². The second kappa shape index (κ2) is 6.58. The summed E-state index contributed by atoms with van der Waals surface area (Å²) in [6.45, 7) is 11.7. The van der Waals surface area contributed by atoms with Gasteiger partial charge in [0.15, 0.2) is 0 Å². The van der Waals surface area contributed by atoms with E-state index in [4.69, 9.17) is 0 Å². The molecule has 1 heterocycles. The molecule has 1 aliphatic heterocycles. The molecule has 0 aromatic heterocycles. The predicted octanol–water partition coefficient (Wildman–Crippen LogP) is 1.26. The van der Waals surface area contributed by atoms with Gasteiger partial charge >= 0.3 is 0 Å². The van der Waals surface area contributed by atoms with Crippen LogP contribution in [0.5, 0.6) is 0 Å². The minimum atomic E-state index is 0.619. The zero-order valence-corrected chi connectivity index (χ0v) is 11.7. The molecule has 3 nitrogen and oxygen atoms in total. The van der Waals surface area contributed by atoms with Crippen molar-refractivity contribution in [2.24, 2.45) is 5.92 Å². The van der Waals surface area contributed by atoms with Crippen LogP contribution in [0.15, 0.2) is 0 Å².